The second kappa shape index (κ2) is 9.16. The van der Waals surface area contributed by atoms with E-state index in [9.17, 15) is 38.9 Å². The van der Waals surface area contributed by atoms with Crippen LogP contribution in [-0.4, -0.2) is 38.9 Å². The van der Waals surface area contributed by atoms with Gasteiger partial charge in [-0.3, -0.25) is 13.7 Å². The second-order valence-electron chi connectivity index (χ2n) is 7.44. The van der Waals surface area contributed by atoms with Crippen LogP contribution in [0, 0.1) is 0 Å². The highest BCUT2D eigenvalue weighted by Gasteiger charge is 2.25. The molecule has 11 nitrogen and oxygen atoms in total. The minimum Gasteiger partial charge on any atom is -0.282 e. The average Bonchev–Trinajstić information content (AvgIpc) is 2.80. The Labute approximate surface area is 206 Å². The van der Waals surface area contributed by atoms with E-state index in [0.29, 0.717) is 10.8 Å². The monoisotopic (exact) mass is 548 g/mol. The van der Waals surface area contributed by atoms with Crippen LogP contribution in [0.25, 0.3) is 21.9 Å². The second-order valence-corrected chi connectivity index (χ2v) is 11.6. The number of azo groups is 1. The standard InChI is InChI=1S/C22H16N2O9S3/c25-34(26,27)15-11-12-16-14(13-15)5-3-8-19(16)23-24-20-9-4-7-18(22(20)36(31,32)33)17-6-1-2-10-21(17)35(28,29)30/h1-13H,(H,25,26,27)(H,28,29,30)(H,31,32,33). The molecule has 4 aromatic rings. The molecule has 0 aliphatic rings. The predicted octanol–water partition coefficient (Wildman–Crippen LogP) is 4.66. The SMILES string of the molecule is O=S(=O)(O)c1ccc2c(N=Nc3cccc(-c4ccccc4S(=O)(=O)O)c3S(=O)(=O)O)cccc2c1. The summed E-state index contributed by atoms with van der Waals surface area (Å²) in [6.07, 6.45) is 0. The van der Waals surface area contributed by atoms with Crippen LogP contribution in [0.2, 0.25) is 0 Å². The quantitative estimate of drug-likeness (QED) is 0.227. The van der Waals surface area contributed by atoms with Gasteiger partial charge < -0.3 is 0 Å². The lowest BCUT2D eigenvalue weighted by atomic mass is 10.0. The molecule has 0 amide bonds. The van der Waals surface area contributed by atoms with Crippen LogP contribution in [0.1, 0.15) is 0 Å². The Bertz CT molecular complexity index is 1870. The number of benzene rings is 4. The molecular formula is C22H16N2O9S3. The number of hydrogen-bond acceptors (Lipinski definition) is 8. The summed E-state index contributed by atoms with van der Waals surface area (Å²) in [5, 5.41) is 8.82. The van der Waals surface area contributed by atoms with Crippen LogP contribution >= 0.6 is 0 Å². The lowest BCUT2D eigenvalue weighted by Gasteiger charge is -2.12. The molecule has 0 aromatic heterocycles. The summed E-state index contributed by atoms with van der Waals surface area (Å²) < 4.78 is 100.0. The maximum Gasteiger partial charge on any atom is 0.297 e. The molecule has 0 atom stereocenters. The Kier molecular flexibility index (Phi) is 6.51. The molecule has 36 heavy (non-hydrogen) atoms. The molecule has 0 saturated carbocycles. The predicted molar refractivity (Wildman–Crippen MR) is 129 cm³/mol. The van der Waals surface area contributed by atoms with Crippen molar-refractivity contribution in [1.82, 2.24) is 0 Å². The van der Waals surface area contributed by atoms with Crippen molar-refractivity contribution in [2.75, 3.05) is 0 Å². The van der Waals surface area contributed by atoms with Crippen molar-refractivity contribution in [3.8, 4) is 11.1 Å². The summed E-state index contributed by atoms with van der Waals surface area (Å²) in [7, 11) is -14.1. The van der Waals surface area contributed by atoms with Gasteiger partial charge in [0.05, 0.1) is 10.6 Å². The zero-order valence-corrected chi connectivity index (χ0v) is 20.4. The van der Waals surface area contributed by atoms with Crippen molar-refractivity contribution >= 4 is 52.5 Å². The highest BCUT2D eigenvalue weighted by molar-refractivity contribution is 7.86. The van der Waals surface area contributed by atoms with E-state index in [0.717, 1.165) is 12.1 Å². The molecule has 3 N–H and O–H groups in total. The van der Waals surface area contributed by atoms with Crippen molar-refractivity contribution in [3.05, 3.63) is 78.9 Å². The van der Waals surface area contributed by atoms with Gasteiger partial charge in [-0.05, 0) is 35.7 Å². The van der Waals surface area contributed by atoms with Gasteiger partial charge >= 0.3 is 0 Å². The van der Waals surface area contributed by atoms with E-state index in [-0.39, 0.29) is 27.4 Å². The summed E-state index contributed by atoms with van der Waals surface area (Å²) in [5.74, 6) is 0. The first-order valence-corrected chi connectivity index (χ1v) is 14.2. The van der Waals surface area contributed by atoms with Crippen molar-refractivity contribution in [3.63, 3.8) is 0 Å². The molecule has 0 saturated heterocycles. The van der Waals surface area contributed by atoms with E-state index < -0.39 is 40.1 Å². The van der Waals surface area contributed by atoms with Crippen LogP contribution in [0.3, 0.4) is 0 Å². The van der Waals surface area contributed by atoms with Crippen LogP contribution in [-0.2, 0) is 30.4 Å². The van der Waals surface area contributed by atoms with Gasteiger partial charge in [0.2, 0.25) is 0 Å². The van der Waals surface area contributed by atoms with E-state index >= 15 is 0 Å². The van der Waals surface area contributed by atoms with Crippen molar-refractivity contribution in [1.29, 1.82) is 0 Å². The molecule has 4 aromatic carbocycles. The zero-order chi connectivity index (χ0) is 26.3. The van der Waals surface area contributed by atoms with Gasteiger partial charge in [-0.2, -0.15) is 25.3 Å². The molecule has 0 radical (unpaired) electrons. The lowest BCUT2D eigenvalue weighted by Crippen LogP contribution is -2.05. The van der Waals surface area contributed by atoms with Crippen molar-refractivity contribution in [2.45, 2.75) is 14.7 Å². The minimum absolute atomic E-state index is 0.187. The third-order valence-electron chi connectivity index (χ3n) is 5.10. The van der Waals surface area contributed by atoms with Gasteiger partial charge in [-0.15, -0.1) is 10.2 Å². The van der Waals surface area contributed by atoms with E-state index in [4.69, 9.17) is 0 Å². The van der Waals surface area contributed by atoms with E-state index in [1.165, 1.54) is 60.7 Å². The summed E-state index contributed by atoms with van der Waals surface area (Å²) in [6, 6.07) is 17.3. The lowest BCUT2D eigenvalue weighted by molar-refractivity contribution is 0.480. The van der Waals surface area contributed by atoms with Crippen LogP contribution in [0.15, 0.2) is 104 Å². The van der Waals surface area contributed by atoms with Gasteiger partial charge in [0.15, 0.2) is 0 Å². The maximum absolute atomic E-state index is 12.3. The Hall–Kier alpha value is -3.53. The first-order chi connectivity index (χ1) is 16.8. The summed E-state index contributed by atoms with van der Waals surface area (Å²) in [4.78, 5) is -1.64. The molecule has 0 aliphatic heterocycles. The van der Waals surface area contributed by atoms with Crippen LogP contribution in [0.5, 0.6) is 0 Å². The first-order valence-electron chi connectivity index (χ1n) is 9.86. The molecule has 0 bridgehead atoms. The average molecular weight is 549 g/mol. The fourth-order valence-corrected chi connectivity index (χ4v) is 5.65. The fraction of sp³-hybridized carbons (Fsp3) is 0. The minimum atomic E-state index is -4.97. The molecule has 0 unspecified atom stereocenters. The highest BCUT2D eigenvalue weighted by atomic mass is 32.2. The maximum atomic E-state index is 12.3. The van der Waals surface area contributed by atoms with E-state index in [1.807, 2.05) is 0 Å². The largest absolute Gasteiger partial charge is 0.297 e. The number of nitrogens with zero attached hydrogens (tertiary/aromatic N) is 2. The summed E-state index contributed by atoms with van der Waals surface area (Å²) in [6.45, 7) is 0. The normalized spacial score (nSPS) is 12.9. The Morgan fingerprint density at radius 1 is 0.556 bits per heavy atom. The summed E-state index contributed by atoms with van der Waals surface area (Å²) in [5.41, 5.74) is -0.545. The molecule has 4 rings (SSSR count). The van der Waals surface area contributed by atoms with E-state index in [2.05, 4.69) is 10.2 Å². The van der Waals surface area contributed by atoms with Crippen LogP contribution < -0.4 is 0 Å². The van der Waals surface area contributed by atoms with Crippen LogP contribution in [0.4, 0.5) is 11.4 Å². The topological polar surface area (TPSA) is 188 Å². The van der Waals surface area contributed by atoms with Gasteiger partial charge in [0.1, 0.15) is 15.5 Å². The number of rotatable bonds is 6. The number of hydrogen-bond donors (Lipinski definition) is 3. The Morgan fingerprint density at radius 2 is 1.17 bits per heavy atom. The number of fused-ring (bicyclic) bond motifs is 1. The summed E-state index contributed by atoms with van der Waals surface area (Å²) >= 11 is 0. The van der Waals surface area contributed by atoms with Gasteiger partial charge in [-0.25, -0.2) is 0 Å². The highest BCUT2D eigenvalue weighted by Crippen LogP contribution is 2.38. The Morgan fingerprint density at radius 3 is 1.83 bits per heavy atom. The molecule has 0 aliphatic carbocycles. The van der Waals surface area contributed by atoms with Gasteiger partial charge in [-0.1, -0.05) is 48.5 Å². The molecular weight excluding hydrogens is 532 g/mol. The molecule has 0 heterocycles. The first kappa shape index (κ1) is 25.6. The van der Waals surface area contributed by atoms with E-state index in [1.54, 1.807) is 6.07 Å². The molecule has 186 valence electrons. The zero-order valence-electron chi connectivity index (χ0n) is 17.9. The smallest absolute Gasteiger partial charge is 0.282 e. The molecule has 0 fully saturated rings. The molecule has 14 heteroatoms. The van der Waals surface area contributed by atoms with Crippen molar-refractivity contribution < 1.29 is 38.9 Å². The fourth-order valence-electron chi connectivity index (χ4n) is 3.60. The Balaban J connectivity index is 1.91. The third kappa shape index (κ3) is 5.18. The van der Waals surface area contributed by atoms with Gasteiger partial charge in [0.25, 0.3) is 30.4 Å². The third-order valence-corrected chi connectivity index (χ3v) is 7.81. The van der Waals surface area contributed by atoms with Crippen molar-refractivity contribution in [2.24, 2.45) is 10.2 Å². The molecule has 0 spiro atoms. The van der Waals surface area contributed by atoms with Gasteiger partial charge in [0, 0.05) is 16.5 Å².